The van der Waals surface area contributed by atoms with Crippen molar-refractivity contribution in [1.29, 1.82) is 0 Å². The summed E-state index contributed by atoms with van der Waals surface area (Å²) in [6.45, 7) is 5.27. The largest absolute Gasteiger partial charge is 0.284 e. The summed E-state index contributed by atoms with van der Waals surface area (Å²) in [6.07, 6.45) is 3.96. The van der Waals surface area contributed by atoms with Crippen molar-refractivity contribution in [2.24, 2.45) is 0 Å². The normalized spacial score (nSPS) is 14.9. The van der Waals surface area contributed by atoms with E-state index >= 15 is 0 Å². The first-order valence-corrected chi connectivity index (χ1v) is 11.9. The molecule has 150 valence electrons. The second-order valence-corrected chi connectivity index (χ2v) is 9.63. The average Bonchev–Trinajstić information content (AvgIpc) is 3.39. The number of nitrogens with zero attached hydrogens (tertiary/aromatic N) is 3. The number of benzene rings is 1. The molecule has 8 heteroatoms. The maximum atomic E-state index is 12.7. The van der Waals surface area contributed by atoms with Crippen molar-refractivity contribution in [3.8, 4) is 11.3 Å². The van der Waals surface area contributed by atoms with Gasteiger partial charge < -0.3 is 0 Å². The minimum atomic E-state index is -3.26. The number of carbonyl (C=O) groups excluding carboxylic acids is 1. The zero-order chi connectivity index (χ0) is 20.0. The lowest BCUT2D eigenvalue weighted by Gasteiger charge is -2.19. The third kappa shape index (κ3) is 5.06. The Morgan fingerprint density at radius 3 is 2.64 bits per heavy atom. The molecular weight excluding hydrogens is 394 g/mol. The summed E-state index contributed by atoms with van der Waals surface area (Å²) in [5, 5.41) is 2.53. The number of anilines is 1. The molecule has 0 bridgehead atoms. The van der Waals surface area contributed by atoms with E-state index in [-0.39, 0.29) is 18.1 Å². The molecule has 1 aromatic heterocycles. The average molecular weight is 420 g/mol. The Morgan fingerprint density at radius 2 is 1.96 bits per heavy atom. The van der Waals surface area contributed by atoms with Crippen LogP contribution in [0.2, 0.25) is 0 Å². The fourth-order valence-corrected chi connectivity index (χ4v) is 5.62. The third-order valence-corrected chi connectivity index (χ3v) is 7.48. The number of hydrogen-bond acceptors (Lipinski definition) is 5. The van der Waals surface area contributed by atoms with Crippen LogP contribution in [-0.2, 0) is 14.8 Å². The van der Waals surface area contributed by atoms with Crippen LogP contribution in [0.3, 0.4) is 0 Å². The summed E-state index contributed by atoms with van der Waals surface area (Å²) in [7, 11) is -3.26. The van der Waals surface area contributed by atoms with Gasteiger partial charge in [-0.2, -0.15) is 0 Å². The van der Waals surface area contributed by atoms with E-state index in [2.05, 4.69) is 11.6 Å². The second kappa shape index (κ2) is 9.45. The Hall–Kier alpha value is -2.03. The molecule has 1 fully saturated rings. The molecule has 0 atom stereocenters. The standard InChI is InChI=1S/C20H25N3O3S2/c1-2-12-23(20-21-18(16-27-20)17-9-4-3-5-10-17)19(24)11-8-15-28(25,26)22-13-6-7-14-22/h2-5,9-10,16H,1,6-8,11-15H2. The summed E-state index contributed by atoms with van der Waals surface area (Å²) in [4.78, 5) is 18.9. The van der Waals surface area contributed by atoms with E-state index in [1.54, 1.807) is 11.0 Å². The highest BCUT2D eigenvalue weighted by Crippen LogP contribution is 2.28. The number of thiazole rings is 1. The molecule has 0 spiro atoms. The van der Waals surface area contributed by atoms with E-state index in [1.165, 1.54) is 15.6 Å². The van der Waals surface area contributed by atoms with Gasteiger partial charge in [0, 0.05) is 37.0 Å². The Balaban J connectivity index is 1.62. The Morgan fingerprint density at radius 1 is 1.25 bits per heavy atom. The molecule has 1 saturated heterocycles. The van der Waals surface area contributed by atoms with Gasteiger partial charge in [0.1, 0.15) is 0 Å². The highest BCUT2D eigenvalue weighted by molar-refractivity contribution is 7.89. The number of amides is 1. The van der Waals surface area contributed by atoms with Crippen molar-refractivity contribution >= 4 is 32.4 Å². The zero-order valence-corrected chi connectivity index (χ0v) is 17.4. The van der Waals surface area contributed by atoms with E-state index in [4.69, 9.17) is 0 Å². The van der Waals surface area contributed by atoms with Crippen LogP contribution in [0, 0.1) is 0 Å². The van der Waals surface area contributed by atoms with Crippen LogP contribution >= 0.6 is 11.3 Å². The molecule has 0 N–H and O–H groups in total. The first-order valence-electron chi connectivity index (χ1n) is 9.41. The lowest BCUT2D eigenvalue weighted by atomic mass is 10.2. The van der Waals surface area contributed by atoms with Crippen molar-refractivity contribution in [1.82, 2.24) is 9.29 Å². The Bertz CT molecular complexity index is 904. The van der Waals surface area contributed by atoms with Crippen LogP contribution in [0.4, 0.5) is 5.13 Å². The molecule has 1 amide bonds. The van der Waals surface area contributed by atoms with Gasteiger partial charge in [0.15, 0.2) is 5.13 Å². The van der Waals surface area contributed by atoms with Gasteiger partial charge in [0.25, 0.3) is 0 Å². The smallest absolute Gasteiger partial charge is 0.229 e. The fourth-order valence-electron chi connectivity index (χ4n) is 3.18. The monoisotopic (exact) mass is 419 g/mol. The van der Waals surface area contributed by atoms with Crippen molar-refractivity contribution in [2.45, 2.75) is 25.7 Å². The van der Waals surface area contributed by atoms with E-state index in [9.17, 15) is 13.2 Å². The summed E-state index contributed by atoms with van der Waals surface area (Å²) in [5.41, 5.74) is 1.81. The Labute approximate surface area is 170 Å². The third-order valence-electron chi connectivity index (χ3n) is 4.66. The lowest BCUT2D eigenvalue weighted by molar-refractivity contribution is -0.118. The van der Waals surface area contributed by atoms with Crippen LogP contribution in [-0.4, -0.2) is 49.0 Å². The van der Waals surface area contributed by atoms with Crippen LogP contribution < -0.4 is 4.90 Å². The molecule has 1 aliphatic heterocycles. The van der Waals surface area contributed by atoms with E-state index < -0.39 is 10.0 Å². The summed E-state index contributed by atoms with van der Waals surface area (Å²) in [6, 6.07) is 9.79. The van der Waals surface area contributed by atoms with Crippen molar-refractivity contribution in [3.63, 3.8) is 0 Å². The highest BCUT2D eigenvalue weighted by Gasteiger charge is 2.26. The van der Waals surface area contributed by atoms with Crippen molar-refractivity contribution < 1.29 is 13.2 Å². The molecule has 0 saturated carbocycles. The number of rotatable bonds is 9. The molecule has 0 unspecified atom stereocenters. The first kappa shape index (κ1) is 20.7. The van der Waals surface area contributed by atoms with Crippen LogP contribution in [0.1, 0.15) is 25.7 Å². The van der Waals surface area contributed by atoms with Crippen LogP contribution in [0.15, 0.2) is 48.4 Å². The minimum absolute atomic E-state index is 0.00774. The number of sulfonamides is 1. The Kier molecular flexibility index (Phi) is 6.98. The predicted molar refractivity (Wildman–Crippen MR) is 114 cm³/mol. The topological polar surface area (TPSA) is 70.6 Å². The maximum absolute atomic E-state index is 12.7. The quantitative estimate of drug-likeness (QED) is 0.583. The minimum Gasteiger partial charge on any atom is -0.284 e. The van der Waals surface area contributed by atoms with E-state index in [1.807, 2.05) is 35.7 Å². The zero-order valence-electron chi connectivity index (χ0n) is 15.8. The molecule has 28 heavy (non-hydrogen) atoms. The van der Waals surface area contributed by atoms with Gasteiger partial charge in [0.2, 0.25) is 15.9 Å². The SMILES string of the molecule is C=CCN(C(=O)CCCS(=O)(=O)N1CCCC1)c1nc(-c2ccccc2)cs1. The molecular formula is C20H25N3O3S2. The van der Waals surface area contributed by atoms with Gasteiger partial charge in [-0.15, -0.1) is 17.9 Å². The summed E-state index contributed by atoms with van der Waals surface area (Å²) >= 11 is 1.40. The summed E-state index contributed by atoms with van der Waals surface area (Å²) in [5.74, 6) is -0.126. The van der Waals surface area contributed by atoms with Gasteiger partial charge in [-0.3, -0.25) is 9.69 Å². The first-order chi connectivity index (χ1) is 13.5. The van der Waals surface area contributed by atoms with Crippen LogP contribution in [0.5, 0.6) is 0 Å². The van der Waals surface area contributed by atoms with Gasteiger partial charge >= 0.3 is 0 Å². The van der Waals surface area contributed by atoms with E-state index in [0.717, 1.165) is 24.1 Å². The molecule has 1 aromatic carbocycles. The molecule has 2 aromatic rings. The van der Waals surface area contributed by atoms with Gasteiger partial charge in [-0.05, 0) is 19.3 Å². The molecule has 2 heterocycles. The van der Waals surface area contributed by atoms with Gasteiger partial charge in [-0.1, -0.05) is 36.4 Å². The molecule has 0 aliphatic carbocycles. The van der Waals surface area contributed by atoms with Gasteiger partial charge in [-0.25, -0.2) is 17.7 Å². The lowest BCUT2D eigenvalue weighted by Crippen LogP contribution is -2.33. The van der Waals surface area contributed by atoms with Crippen molar-refractivity contribution in [3.05, 3.63) is 48.4 Å². The molecule has 1 aliphatic rings. The van der Waals surface area contributed by atoms with Crippen LogP contribution in [0.25, 0.3) is 11.3 Å². The molecule has 6 nitrogen and oxygen atoms in total. The predicted octanol–water partition coefficient (Wildman–Crippen LogP) is 3.53. The molecule has 0 radical (unpaired) electrons. The fraction of sp³-hybridized carbons (Fsp3) is 0.400. The number of hydrogen-bond donors (Lipinski definition) is 0. The molecule has 3 rings (SSSR count). The maximum Gasteiger partial charge on any atom is 0.229 e. The second-order valence-electron chi connectivity index (χ2n) is 6.70. The van der Waals surface area contributed by atoms with E-state index in [0.29, 0.717) is 31.2 Å². The van der Waals surface area contributed by atoms with Crippen molar-refractivity contribution in [2.75, 3.05) is 30.3 Å². The number of aromatic nitrogens is 1. The number of carbonyl (C=O) groups is 1. The van der Waals surface area contributed by atoms with Gasteiger partial charge in [0.05, 0.1) is 11.4 Å². The summed E-state index contributed by atoms with van der Waals surface area (Å²) < 4.78 is 26.2. The highest BCUT2D eigenvalue weighted by atomic mass is 32.2.